The van der Waals surface area contributed by atoms with Crippen molar-refractivity contribution < 1.29 is 28.8 Å². The van der Waals surface area contributed by atoms with Gasteiger partial charge in [0.1, 0.15) is 0 Å². The number of carbonyl (C=O) groups is 6. The second kappa shape index (κ2) is 51.9. The fourth-order valence-corrected chi connectivity index (χ4v) is 17.5. The van der Waals surface area contributed by atoms with Gasteiger partial charge in [0.25, 0.3) is 0 Å². The van der Waals surface area contributed by atoms with E-state index in [1.807, 2.05) is 80.4 Å². The first-order valence-corrected chi connectivity index (χ1v) is 47.0. The van der Waals surface area contributed by atoms with Crippen molar-refractivity contribution in [3.63, 3.8) is 0 Å². The van der Waals surface area contributed by atoms with Gasteiger partial charge in [-0.2, -0.15) is 0 Å². The predicted octanol–water partition coefficient (Wildman–Crippen LogP) is 12.6. The second-order valence-electron chi connectivity index (χ2n) is 35.6. The Hall–Kier alpha value is -11.9. The molecular weight excluding hydrogens is 1900 g/mol. The summed E-state index contributed by atoms with van der Waals surface area (Å²) in [6.07, 6.45) is 0. The standard InChI is InChI=1S/2C16H24BrN5O.2C16H24ClN5O.2C16H25N5O/c1-12-8-13(6-7-14(12)17)9-19(3)15(18-2)22-10-20(4)16(23)21(5)11-22;1-12-6-7-13(8-14(12)17)9-19(3)15(18-2)22-10-20(4)16(23)21(5)11-22;1-12-8-13(6-7-14(12)17)9-19(3)15(18-2)22-10-20(4)16(23)21(5)11-22;1-12-6-7-13(8-14(12)17)9-19(3)15(18-2)22-10-20(4)16(23)21(5)11-22;1-13-6-8-14(9-7-13)10-18(3)15(17-2)21-11-19(4)16(22)20(5)12-21;1-13-7-6-8-14(9-13)10-18(3)15(17-2)21-11-19(4)16(22)20(5)12-21/h4*6-8H,9-11H2,1-5H3;2*6-9H,10-12H2,1-5H3. The third-order valence-corrected chi connectivity index (χ3v) is 25.7. The van der Waals surface area contributed by atoms with Crippen LogP contribution in [0.1, 0.15) is 66.8 Å². The van der Waals surface area contributed by atoms with Crippen molar-refractivity contribution in [2.24, 2.45) is 30.0 Å². The van der Waals surface area contributed by atoms with Gasteiger partial charge in [-0.3, -0.25) is 30.0 Å². The molecule has 40 heteroatoms. The second-order valence-corrected chi connectivity index (χ2v) is 38.1. The Morgan fingerprint density at radius 2 is 0.493 bits per heavy atom. The highest BCUT2D eigenvalue weighted by molar-refractivity contribution is 9.10. The predicted molar refractivity (Wildman–Crippen MR) is 556 cm³/mol. The van der Waals surface area contributed by atoms with Crippen molar-refractivity contribution in [3.05, 3.63) is 207 Å². The number of hydrogen-bond acceptors (Lipinski definition) is 12. The number of urea groups is 6. The average molecular weight is 2050 g/mol. The van der Waals surface area contributed by atoms with Crippen LogP contribution in [0.15, 0.2) is 160 Å². The molecule has 6 aromatic carbocycles. The summed E-state index contributed by atoms with van der Waals surface area (Å²) < 4.78 is 2.23. The molecule has 0 atom stereocenters. The lowest BCUT2D eigenvalue weighted by Crippen LogP contribution is -2.59. The van der Waals surface area contributed by atoms with E-state index in [1.54, 1.807) is 186 Å². The minimum Gasteiger partial charge on any atom is -0.341 e. The molecular formula is C96H146Br2Cl2N30O6. The van der Waals surface area contributed by atoms with Gasteiger partial charge in [-0.05, 0) is 121 Å². The molecule has 0 bridgehead atoms. The number of rotatable bonds is 12. The molecule has 0 radical (unpaired) electrons. The highest BCUT2D eigenvalue weighted by atomic mass is 79.9. The van der Waals surface area contributed by atoms with Crippen LogP contribution < -0.4 is 0 Å². The Balaban J connectivity index is 0.000000222. The Kier molecular flexibility index (Phi) is 42.4. The monoisotopic (exact) mass is 2040 g/mol. The Bertz CT molecular complexity index is 4730. The number of benzene rings is 6. The molecule has 744 valence electrons. The largest absolute Gasteiger partial charge is 0.341 e. The summed E-state index contributed by atoms with van der Waals surface area (Å²) in [5.41, 5.74) is 14.3. The lowest BCUT2D eigenvalue weighted by molar-refractivity contribution is 0.0873. The molecule has 6 fully saturated rings. The highest BCUT2D eigenvalue weighted by Crippen LogP contribution is 2.26. The van der Waals surface area contributed by atoms with Crippen LogP contribution in [0.25, 0.3) is 0 Å². The summed E-state index contributed by atoms with van der Waals surface area (Å²) in [4.78, 5) is 143. The molecule has 36 nitrogen and oxygen atoms in total. The summed E-state index contributed by atoms with van der Waals surface area (Å²) in [5.74, 6) is 5.20. The van der Waals surface area contributed by atoms with Gasteiger partial charge in [-0.15, -0.1) is 0 Å². The first kappa shape index (κ1) is 111. The molecule has 6 heterocycles. The molecule has 136 heavy (non-hydrogen) atoms. The smallest absolute Gasteiger partial charge is 0.322 e. The minimum absolute atomic E-state index is 0.0182. The third kappa shape index (κ3) is 31.1. The molecule has 0 unspecified atom stereocenters. The van der Waals surface area contributed by atoms with Gasteiger partial charge in [0.05, 0.1) is 80.0 Å². The van der Waals surface area contributed by atoms with Gasteiger partial charge < -0.3 is 118 Å². The van der Waals surface area contributed by atoms with Crippen LogP contribution in [0, 0.1) is 41.5 Å². The van der Waals surface area contributed by atoms with Crippen LogP contribution in [0.2, 0.25) is 10.0 Å². The number of aryl methyl sites for hydroxylation is 6. The third-order valence-electron chi connectivity index (χ3n) is 23.1. The van der Waals surface area contributed by atoms with E-state index in [0.717, 1.165) is 104 Å². The molecule has 0 spiro atoms. The average Bonchev–Trinajstić information content (AvgIpc) is 0.839. The molecule has 12 amide bonds. The number of amides is 12. The van der Waals surface area contributed by atoms with Crippen LogP contribution in [0.3, 0.4) is 0 Å². The van der Waals surface area contributed by atoms with E-state index >= 15 is 0 Å². The number of guanidine groups is 6. The van der Waals surface area contributed by atoms with Crippen LogP contribution >= 0.6 is 55.1 Å². The molecule has 0 aromatic heterocycles. The van der Waals surface area contributed by atoms with Crippen molar-refractivity contribution in [2.45, 2.75) is 80.8 Å². The Morgan fingerprint density at radius 3 is 0.750 bits per heavy atom. The van der Waals surface area contributed by atoms with Gasteiger partial charge in [-0.25, -0.2) is 28.8 Å². The van der Waals surface area contributed by atoms with Crippen molar-refractivity contribution in [3.8, 4) is 0 Å². The minimum atomic E-state index is 0.0182. The van der Waals surface area contributed by atoms with Gasteiger partial charge in [0.2, 0.25) is 0 Å². The highest BCUT2D eigenvalue weighted by Gasteiger charge is 2.35. The van der Waals surface area contributed by atoms with Crippen LogP contribution in [0.5, 0.6) is 0 Å². The van der Waals surface area contributed by atoms with E-state index in [9.17, 15) is 28.8 Å². The van der Waals surface area contributed by atoms with Gasteiger partial charge in [0, 0.05) is 227 Å². The van der Waals surface area contributed by atoms with Crippen LogP contribution in [0.4, 0.5) is 28.8 Å². The SMILES string of the molecule is CN=C(N(C)Cc1ccc(Br)c(C)c1)N1CN(C)C(=O)N(C)C1.CN=C(N(C)Cc1ccc(C)c(Br)c1)N1CN(C)C(=O)N(C)C1.CN=C(N(C)Cc1ccc(C)c(Cl)c1)N1CN(C)C(=O)N(C)C1.CN=C(N(C)Cc1ccc(C)cc1)N1CN(C)C(=O)N(C)C1.CN=C(N(C)Cc1ccc(Cl)c(C)c1)N1CN(C)C(=O)N(C)C1.CN=C(N(C)Cc1cccc(C)c1)N1CN(C)C(=O)N(C)C1. The first-order chi connectivity index (χ1) is 64.2. The van der Waals surface area contributed by atoms with E-state index in [4.69, 9.17) is 23.2 Å². The molecule has 6 saturated heterocycles. The number of halogens is 4. The lowest BCUT2D eigenvalue weighted by atomic mass is 10.1. The van der Waals surface area contributed by atoms with E-state index in [1.165, 1.54) is 50.1 Å². The number of carbonyl (C=O) groups excluding carboxylic acids is 6. The van der Waals surface area contributed by atoms with Gasteiger partial charge >= 0.3 is 36.2 Å². The van der Waals surface area contributed by atoms with Crippen molar-refractivity contribution in [1.82, 2.24) is 118 Å². The summed E-state index contributed by atoms with van der Waals surface area (Å²) in [6, 6.07) is 42.0. The summed E-state index contributed by atoms with van der Waals surface area (Å²) >= 11 is 19.4. The number of nitrogens with zero attached hydrogens (tertiary/aromatic N) is 30. The maximum atomic E-state index is 11.9. The van der Waals surface area contributed by atoms with Crippen LogP contribution in [-0.4, -0.2) is 439 Å². The van der Waals surface area contributed by atoms with Crippen LogP contribution in [-0.2, 0) is 39.3 Å². The zero-order valence-electron chi connectivity index (χ0n) is 85.7. The van der Waals surface area contributed by atoms with Gasteiger partial charge in [0.15, 0.2) is 35.8 Å². The molecule has 6 aromatic rings. The molecule has 12 rings (SSSR count). The van der Waals surface area contributed by atoms with E-state index in [2.05, 4.69) is 245 Å². The van der Waals surface area contributed by atoms with Crippen molar-refractivity contribution >= 4 is 127 Å². The molecule has 6 aliphatic rings. The first-order valence-electron chi connectivity index (χ1n) is 44.6. The van der Waals surface area contributed by atoms with Gasteiger partial charge in [-0.1, -0.05) is 163 Å². The van der Waals surface area contributed by atoms with Crippen molar-refractivity contribution in [2.75, 3.05) is 249 Å². The summed E-state index contributed by atoms with van der Waals surface area (Å²) in [6.45, 7) is 23.3. The topological polar surface area (TPSA) is 254 Å². The number of hydrogen-bond donors (Lipinski definition) is 0. The van der Waals surface area contributed by atoms with E-state index in [0.29, 0.717) is 86.6 Å². The maximum absolute atomic E-state index is 11.9. The summed E-state index contributed by atoms with van der Waals surface area (Å²) in [7, 11) is 44.4. The fraction of sp³-hybridized carbons (Fsp3) is 0.500. The van der Waals surface area contributed by atoms with Crippen molar-refractivity contribution in [1.29, 1.82) is 0 Å². The zero-order chi connectivity index (χ0) is 101. The molecule has 0 aliphatic carbocycles. The summed E-state index contributed by atoms with van der Waals surface area (Å²) in [5, 5.41) is 1.55. The fourth-order valence-electron chi connectivity index (χ4n) is 16.5. The molecule has 6 aliphatic heterocycles. The normalized spacial score (nSPS) is 16.2. The quantitative estimate of drug-likeness (QED) is 0.0815. The Morgan fingerprint density at radius 1 is 0.257 bits per heavy atom. The lowest BCUT2D eigenvalue weighted by Gasteiger charge is -2.42. The van der Waals surface area contributed by atoms with E-state index < -0.39 is 0 Å². The van der Waals surface area contributed by atoms with E-state index in [-0.39, 0.29) is 36.2 Å². The Labute approximate surface area is 835 Å². The molecule has 0 N–H and O–H groups in total. The number of aliphatic imine (C=N–C) groups is 6. The zero-order valence-corrected chi connectivity index (χ0v) is 90.3. The maximum Gasteiger partial charge on any atom is 0.322 e. The molecule has 0 saturated carbocycles.